The molecular weight excluding hydrogens is 222 g/mol. The highest BCUT2D eigenvalue weighted by atomic mass is 15.0. The van der Waals surface area contributed by atoms with Crippen molar-refractivity contribution in [3.8, 4) is 0 Å². The van der Waals surface area contributed by atoms with E-state index in [2.05, 4.69) is 23.3 Å². The van der Waals surface area contributed by atoms with Gasteiger partial charge in [-0.15, -0.1) is 0 Å². The van der Waals surface area contributed by atoms with Crippen LogP contribution in [0.25, 0.3) is 0 Å². The maximum atomic E-state index is 5.62. The van der Waals surface area contributed by atoms with Crippen molar-refractivity contribution in [2.75, 3.05) is 5.32 Å². The van der Waals surface area contributed by atoms with Gasteiger partial charge in [0.1, 0.15) is 5.82 Å². The average molecular weight is 243 g/mol. The van der Waals surface area contributed by atoms with E-state index < -0.39 is 0 Å². The standard InChI is InChI=1S/C14H17N3.CH4/c1-10-6-11(2)16-14(7-10)17-13-5-3-4-12(8-13)9-15;/h3-8H,9,15H2,1-2H3,(H,16,17);1H4. The Morgan fingerprint density at radius 1 is 1.17 bits per heavy atom. The molecular formula is C15H21N3. The molecule has 3 N–H and O–H groups in total. The summed E-state index contributed by atoms with van der Waals surface area (Å²) >= 11 is 0. The summed E-state index contributed by atoms with van der Waals surface area (Å²) in [6.45, 7) is 4.61. The van der Waals surface area contributed by atoms with Gasteiger partial charge in [-0.05, 0) is 49.2 Å². The van der Waals surface area contributed by atoms with E-state index in [1.807, 2.05) is 37.3 Å². The van der Waals surface area contributed by atoms with E-state index in [4.69, 9.17) is 5.73 Å². The summed E-state index contributed by atoms with van der Waals surface area (Å²) in [4.78, 5) is 4.44. The average Bonchev–Trinajstić information content (AvgIpc) is 2.28. The van der Waals surface area contributed by atoms with Crippen LogP contribution in [0.2, 0.25) is 0 Å². The fourth-order valence-corrected chi connectivity index (χ4v) is 1.83. The number of nitrogens with one attached hydrogen (secondary N) is 1. The zero-order valence-electron chi connectivity index (χ0n) is 10.2. The molecule has 0 radical (unpaired) electrons. The minimum Gasteiger partial charge on any atom is -0.340 e. The maximum Gasteiger partial charge on any atom is 0.130 e. The van der Waals surface area contributed by atoms with Crippen LogP contribution in [-0.2, 0) is 6.54 Å². The highest BCUT2D eigenvalue weighted by Crippen LogP contribution is 2.17. The van der Waals surface area contributed by atoms with Gasteiger partial charge in [0.05, 0.1) is 0 Å². The first-order valence-electron chi connectivity index (χ1n) is 5.69. The van der Waals surface area contributed by atoms with Gasteiger partial charge in [0.15, 0.2) is 0 Å². The third-order valence-corrected chi connectivity index (χ3v) is 2.53. The summed E-state index contributed by atoms with van der Waals surface area (Å²) in [6, 6.07) is 12.1. The van der Waals surface area contributed by atoms with Crippen molar-refractivity contribution in [3.05, 3.63) is 53.2 Å². The molecule has 2 aromatic rings. The minimum atomic E-state index is 0. The van der Waals surface area contributed by atoms with Crippen LogP contribution in [0, 0.1) is 13.8 Å². The number of aromatic nitrogens is 1. The van der Waals surface area contributed by atoms with Crippen molar-refractivity contribution in [3.63, 3.8) is 0 Å². The smallest absolute Gasteiger partial charge is 0.130 e. The number of benzene rings is 1. The summed E-state index contributed by atoms with van der Waals surface area (Å²) in [6.07, 6.45) is 0. The van der Waals surface area contributed by atoms with Gasteiger partial charge in [0.2, 0.25) is 0 Å². The van der Waals surface area contributed by atoms with E-state index in [1.165, 1.54) is 5.56 Å². The molecule has 1 aromatic carbocycles. The summed E-state index contributed by atoms with van der Waals surface area (Å²) in [7, 11) is 0. The van der Waals surface area contributed by atoms with Gasteiger partial charge < -0.3 is 11.1 Å². The second-order valence-corrected chi connectivity index (χ2v) is 4.20. The lowest BCUT2D eigenvalue weighted by Crippen LogP contribution is -1.99. The molecule has 0 atom stereocenters. The number of nitrogens with zero attached hydrogens (tertiary/aromatic N) is 1. The van der Waals surface area contributed by atoms with E-state index in [9.17, 15) is 0 Å². The number of aryl methyl sites for hydroxylation is 2. The Bertz CT molecular complexity index is 501. The van der Waals surface area contributed by atoms with E-state index in [-0.39, 0.29) is 7.43 Å². The molecule has 0 aliphatic rings. The van der Waals surface area contributed by atoms with Gasteiger partial charge in [0.25, 0.3) is 0 Å². The Morgan fingerprint density at radius 3 is 2.61 bits per heavy atom. The molecule has 0 saturated heterocycles. The van der Waals surface area contributed by atoms with Crippen LogP contribution in [-0.4, -0.2) is 4.98 Å². The van der Waals surface area contributed by atoms with Crippen LogP contribution in [0.15, 0.2) is 36.4 Å². The van der Waals surface area contributed by atoms with Gasteiger partial charge >= 0.3 is 0 Å². The molecule has 18 heavy (non-hydrogen) atoms. The lowest BCUT2D eigenvalue weighted by atomic mass is 10.2. The third-order valence-electron chi connectivity index (χ3n) is 2.53. The summed E-state index contributed by atoms with van der Waals surface area (Å²) in [5, 5.41) is 3.29. The van der Waals surface area contributed by atoms with Gasteiger partial charge in [0, 0.05) is 17.9 Å². The second kappa shape index (κ2) is 6.17. The second-order valence-electron chi connectivity index (χ2n) is 4.20. The summed E-state index contributed by atoms with van der Waals surface area (Å²) in [5.74, 6) is 0.872. The molecule has 0 spiro atoms. The highest BCUT2D eigenvalue weighted by molar-refractivity contribution is 5.57. The van der Waals surface area contributed by atoms with Crippen LogP contribution in [0.5, 0.6) is 0 Å². The Balaban J connectivity index is 0.00000162. The van der Waals surface area contributed by atoms with E-state index >= 15 is 0 Å². The Morgan fingerprint density at radius 2 is 1.94 bits per heavy atom. The van der Waals surface area contributed by atoms with Crippen LogP contribution in [0.1, 0.15) is 24.2 Å². The monoisotopic (exact) mass is 243 g/mol. The number of hydrogen-bond acceptors (Lipinski definition) is 3. The predicted molar refractivity (Wildman–Crippen MR) is 78.1 cm³/mol. The van der Waals surface area contributed by atoms with Gasteiger partial charge in [-0.1, -0.05) is 19.6 Å². The molecule has 0 bridgehead atoms. The first-order chi connectivity index (χ1) is 8.17. The lowest BCUT2D eigenvalue weighted by Gasteiger charge is -2.08. The molecule has 1 aromatic heterocycles. The van der Waals surface area contributed by atoms with Crippen molar-refractivity contribution < 1.29 is 0 Å². The molecule has 0 saturated carbocycles. The largest absolute Gasteiger partial charge is 0.340 e. The topological polar surface area (TPSA) is 50.9 Å². The van der Waals surface area contributed by atoms with Crippen molar-refractivity contribution in [2.45, 2.75) is 27.8 Å². The SMILES string of the molecule is C.Cc1cc(C)nc(Nc2cccc(CN)c2)c1. The Labute approximate surface area is 109 Å². The van der Waals surface area contributed by atoms with Crippen LogP contribution in [0.3, 0.4) is 0 Å². The molecule has 0 amide bonds. The van der Waals surface area contributed by atoms with Crippen LogP contribution < -0.4 is 11.1 Å². The van der Waals surface area contributed by atoms with Gasteiger partial charge in [-0.25, -0.2) is 4.98 Å². The molecule has 96 valence electrons. The fraction of sp³-hybridized carbons (Fsp3) is 0.267. The number of anilines is 2. The normalized spacial score (nSPS) is 9.72. The molecule has 3 nitrogen and oxygen atoms in total. The van der Waals surface area contributed by atoms with Crippen molar-refractivity contribution in [1.82, 2.24) is 4.98 Å². The fourth-order valence-electron chi connectivity index (χ4n) is 1.83. The minimum absolute atomic E-state index is 0. The zero-order valence-corrected chi connectivity index (χ0v) is 10.2. The van der Waals surface area contributed by atoms with E-state index in [1.54, 1.807) is 0 Å². The number of rotatable bonds is 3. The number of nitrogens with two attached hydrogens (primary N) is 1. The van der Waals surface area contributed by atoms with Gasteiger partial charge in [-0.3, -0.25) is 0 Å². The molecule has 0 aliphatic carbocycles. The molecule has 1 heterocycles. The quantitative estimate of drug-likeness (QED) is 0.867. The maximum absolute atomic E-state index is 5.62. The van der Waals surface area contributed by atoms with E-state index in [0.29, 0.717) is 6.54 Å². The summed E-state index contributed by atoms with van der Waals surface area (Å²) < 4.78 is 0. The van der Waals surface area contributed by atoms with Crippen LogP contribution >= 0.6 is 0 Å². The van der Waals surface area contributed by atoms with Crippen molar-refractivity contribution in [2.24, 2.45) is 5.73 Å². The Hall–Kier alpha value is -1.87. The number of hydrogen-bond donors (Lipinski definition) is 2. The Kier molecular flexibility index (Phi) is 4.86. The lowest BCUT2D eigenvalue weighted by molar-refractivity contribution is 1.07. The zero-order chi connectivity index (χ0) is 12.3. The molecule has 3 heteroatoms. The first-order valence-corrected chi connectivity index (χ1v) is 5.69. The molecule has 0 aliphatic heterocycles. The molecule has 0 fully saturated rings. The number of pyridine rings is 1. The van der Waals surface area contributed by atoms with Crippen molar-refractivity contribution >= 4 is 11.5 Å². The third kappa shape index (κ3) is 3.57. The predicted octanol–water partition coefficient (Wildman–Crippen LogP) is 3.54. The highest BCUT2D eigenvalue weighted by Gasteiger charge is 1.99. The van der Waals surface area contributed by atoms with Gasteiger partial charge in [-0.2, -0.15) is 0 Å². The first kappa shape index (κ1) is 14.2. The van der Waals surface area contributed by atoms with E-state index in [0.717, 1.165) is 22.8 Å². The van der Waals surface area contributed by atoms with Crippen LogP contribution in [0.4, 0.5) is 11.5 Å². The molecule has 0 unspecified atom stereocenters. The molecule has 2 rings (SSSR count). The summed E-state index contributed by atoms with van der Waals surface area (Å²) in [5.41, 5.74) is 9.97. The van der Waals surface area contributed by atoms with Crippen molar-refractivity contribution in [1.29, 1.82) is 0 Å².